The molecule has 0 aromatic carbocycles. The van der Waals surface area contributed by atoms with E-state index in [2.05, 4.69) is 32.1 Å². The second kappa shape index (κ2) is 5.31. The van der Waals surface area contributed by atoms with Gasteiger partial charge in [0.1, 0.15) is 5.69 Å². The van der Waals surface area contributed by atoms with Crippen molar-refractivity contribution in [2.75, 3.05) is 11.9 Å². The van der Waals surface area contributed by atoms with E-state index in [0.29, 0.717) is 10.0 Å². The maximum absolute atomic E-state index is 11.7. The summed E-state index contributed by atoms with van der Waals surface area (Å²) >= 11 is 1.23. The number of nitrogens with one attached hydrogen (secondary N) is 3. The first-order valence-electron chi connectivity index (χ1n) is 4.93. The number of aromatic nitrogens is 3. The molecule has 0 unspecified atom stereocenters. The van der Waals surface area contributed by atoms with Gasteiger partial charge in [-0.05, 0) is 0 Å². The number of aromatic amines is 2. The Bertz CT molecular complexity index is 672. The summed E-state index contributed by atoms with van der Waals surface area (Å²) in [5, 5.41) is 2.95. The Morgan fingerprint density at radius 1 is 1.61 bits per heavy atom. The minimum Gasteiger partial charge on any atom is -0.320 e. The molecule has 18 heavy (non-hydrogen) atoms. The molecule has 2 aromatic rings. The van der Waals surface area contributed by atoms with E-state index in [1.165, 1.54) is 17.5 Å². The molecule has 0 aliphatic rings. The maximum Gasteiger partial charge on any atom is 0.323 e. The third-order valence-corrected chi connectivity index (χ3v) is 2.71. The van der Waals surface area contributed by atoms with Gasteiger partial charge in [-0.15, -0.1) is 0 Å². The van der Waals surface area contributed by atoms with Crippen LogP contribution in [0, 0.1) is 11.8 Å². The summed E-state index contributed by atoms with van der Waals surface area (Å²) in [6, 6.07) is 0. The van der Waals surface area contributed by atoms with Crippen molar-refractivity contribution in [3.8, 4) is 11.8 Å². The summed E-state index contributed by atoms with van der Waals surface area (Å²) in [5.41, 5.74) is 4.95. The molecule has 0 aliphatic heterocycles. The molecule has 8 heteroatoms. The molecule has 0 radical (unpaired) electrons. The Morgan fingerprint density at radius 3 is 3.11 bits per heavy atom. The fourth-order valence-corrected chi connectivity index (χ4v) is 1.83. The molecule has 5 N–H and O–H groups in total. The predicted octanol–water partition coefficient (Wildman–Crippen LogP) is -0.278. The lowest BCUT2D eigenvalue weighted by atomic mass is 10.4. The molecular formula is C10H9N5O2S. The molecule has 2 aromatic heterocycles. The highest BCUT2D eigenvalue weighted by molar-refractivity contribution is 7.16. The van der Waals surface area contributed by atoms with E-state index >= 15 is 0 Å². The summed E-state index contributed by atoms with van der Waals surface area (Å²) in [4.78, 5) is 31.9. The van der Waals surface area contributed by atoms with Crippen LogP contribution in [0.3, 0.4) is 0 Å². The number of rotatable bonds is 2. The minimum absolute atomic E-state index is 0.143. The molecule has 7 nitrogen and oxygen atoms in total. The lowest BCUT2D eigenvalue weighted by Gasteiger charge is -1.96. The van der Waals surface area contributed by atoms with E-state index in [4.69, 9.17) is 5.73 Å². The second-order valence-electron chi connectivity index (χ2n) is 3.15. The SMILES string of the molecule is NCC#Cc1cnc(NC(=O)c2c[nH]c(=O)[nH]2)s1. The Morgan fingerprint density at radius 2 is 2.44 bits per heavy atom. The maximum atomic E-state index is 11.7. The molecule has 1 amide bonds. The smallest absolute Gasteiger partial charge is 0.320 e. The van der Waals surface area contributed by atoms with E-state index in [1.54, 1.807) is 6.20 Å². The first-order valence-corrected chi connectivity index (χ1v) is 5.74. The van der Waals surface area contributed by atoms with E-state index in [-0.39, 0.29) is 12.2 Å². The molecule has 0 saturated heterocycles. The lowest BCUT2D eigenvalue weighted by molar-refractivity contribution is 0.102. The van der Waals surface area contributed by atoms with Crippen LogP contribution in [0.25, 0.3) is 0 Å². The van der Waals surface area contributed by atoms with Crippen LogP contribution in [0.2, 0.25) is 0 Å². The summed E-state index contributed by atoms with van der Waals surface area (Å²) in [5.74, 6) is 5.05. The van der Waals surface area contributed by atoms with Crippen molar-refractivity contribution >= 4 is 22.4 Å². The molecular weight excluding hydrogens is 254 g/mol. The Kier molecular flexibility index (Phi) is 3.57. The highest BCUT2D eigenvalue weighted by atomic mass is 32.1. The van der Waals surface area contributed by atoms with Crippen molar-refractivity contribution in [1.82, 2.24) is 15.0 Å². The molecule has 2 rings (SSSR count). The third-order valence-electron chi connectivity index (χ3n) is 1.88. The third kappa shape index (κ3) is 2.85. The minimum atomic E-state index is -0.443. The number of hydrogen-bond acceptors (Lipinski definition) is 5. The second-order valence-corrected chi connectivity index (χ2v) is 4.18. The van der Waals surface area contributed by atoms with Crippen LogP contribution in [-0.4, -0.2) is 27.4 Å². The van der Waals surface area contributed by atoms with Crippen LogP contribution in [0.1, 0.15) is 15.4 Å². The van der Waals surface area contributed by atoms with Gasteiger partial charge < -0.3 is 15.7 Å². The molecule has 0 fully saturated rings. The average Bonchev–Trinajstić information content (AvgIpc) is 2.96. The van der Waals surface area contributed by atoms with E-state index in [9.17, 15) is 9.59 Å². The number of carbonyl (C=O) groups is 1. The highest BCUT2D eigenvalue weighted by Crippen LogP contribution is 2.17. The average molecular weight is 263 g/mol. The Labute approximate surface area is 105 Å². The zero-order valence-corrected chi connectivity index (χ0v) is 9.93. The van der Waals surface area contributed by atoms with Crippen LogP contribution < -0.4 is 16.7 Å². The Hall–Kier alpha value is -2.37. The summed E-state index contributed by atoms with van der Waals surface area (Å²) in [6.45, 7) is 0.268. The fraction of sp³-hybridized carbons (Fsp3) is 0.100. The number of imidazole rings is 1. The summed E-state index contributed by atoms with van der Waals surface area (Å²) < 4.78 is 0. The zero-order chi connectivity index (χ0) is 13.0. The summed E-state index contributed by atoms with van der Waals surface area (Å²) in [7, 11) is 0. The first-order chi connectivity index (χ1) is 8.69. The van der Waals surface area contributed by atoms with Gasteiger partial charge in [-0.1, -0.05) is 23.2 Å². The first kappa shape index (κ1) is 12.1. The van der Waals surface area contributed by atoms with Gasteiger partial charge in [-0.3, -0.25) is 10.1 Å². The van der Waals surface area contributed by atoms with Crippen LogP contribution >= 0.6 is 11.3 Å². The largest absolute Gasteiger partial charge is 0.323 e. The van der Waals surface area contributed by atoms with Gasteiger partial charge in [0.05, 0.1) is 17.6 Å². The van der Waals surface area contributed by atoms with Gasteiger partial charge in [0.25, 0.3) is 5.91 Å². The van der Waals surface area contributed by atoms with Crippen molar-refractivity contribution in [3.63, 3.8) is 0 Å². The number of nitrogens with two attached hydrogens (primary N) is 1. The zero-order valence-electron chi connectivity index (χ0n) is 9.11. The molecule has 0 saturated carbocycles. The molecule has 0 atom stereocenters. The lowest BCUT2D eigenvalue weighted by Crippen LogP contribution is -2.13. The number of anilines is 1. The molecule has 2 heterocycles. The van der Waals surface area contributed by atoms with E-state index in [0.717, 1.165) is 0 Å². The van der Waals surface area contributed by atoms with Crippen LogP contribution in [0.15, 0.2) is 17.2 Å². The van der Waals surface area contributed by atoms with Crippen LogP contribution in [-0.2, 0) is 0 Å². The topological polar surface area (TPSA) is 117 Å². The van der Waals surface area contributed by atoms with Crippen LogP contribution in [0.4, 0.5) is 5.13 Å². The fourth-order valence-electron chi connectivity index (χ4n) is 1.15. The number of amides is 1. The van der Waals surface area contributed by atoms with Crippen LogP contribution in [0.5, 0.6) is 0 Å². The molecule has 92 valence electrons. The van der Waals surface area contributed by atoms with E-state index < -0.39 is 11.6 Å². The van der Waals surface area contributed by atoms with Crippen molar-refractivity contribution in [1.29, 1.82) is 0 Å². The summed E-state index contributed by atoms with van der Waals surface area (Å²) in [6.07, 6.45) is 2.84. The normalized spacial score (nSPS) is 9.61. The molecule has 0 aliphatic carbocycles. The van der Waals surface area contributed by atoms with Gasteiger partial charge in [-0.25, -0.2) is 9.78 Å². The quantitative estimate of drug-likeness (QED) is 0.557. The van der Waals surface area contributed by atoms with Crippen molar-refractivity contribution in [2.24, 2.45) is 5.73 Å². The van der Waals surface area contributed by atoms with Gasteiger partial charge in [0.15, 0.2) is 5.13 Å². The molecule has 0 bridgehead atoms. The standard InChI is InChI=1S/C10H9N5O2S/c11-3-1-2-6-4-13-10(18-6)15-8(16)7-5-12-9(17)14-7/h4-5H,3,11H2,(H2,12,14,17)(H,13,15,16). The van der Waals surface area contributed by atoms with Gasteiger partial charge >= 0.3 is 5.69 Å². The van der Waals surface area contributed by atoms with Crippen molar-refractivity contribution in [3.05, 3.63) is 33.4 Å². The predicted molar refractivity (Wildman–Crippen MR) is 67.4 cm³/mol. The number of hydrogen-bond donors (Lipinski definition) is 4. The Balaban J connectivity index is 2.08. The van der Waals surface area contributed by atoms with E-state index in [1.807, 2.05) is 0 Å². The number of nitrogens with zero attached hydrogens (tertiary/aromatic N) is 1. The number of H-pyrrole nitrogens is 2. The van der Waals surface area contributed by atoms with Gasteiger partial charge in [0, 0.05) is 6.20 Å². The van der Waals surface area contributed by atoms with Crippen molar-refractivity contribution in [2.45, 2.75) is 0 Å². The number of thiazole rings is 1. The number of carbonyl (C=O) groups excluding carboxylic acids is 1. The molecule has 0 spiro atoms. The van der Waals surface area contributed by atoms with Gasteiger partial charge in [0.2, 0.25) is 0 Å². The highest BCUT2D eigenvalue weighted by Gasteiger charge is 2.10. The van der Waals surface area contributed by atoms with Gasteiger partial charge in [-0.2, -0.15) is 0 Å². The monoisotopic (exact) mass is 263 g/mol. The van der Waals surface area contributed by atoms with Crippen molar-refractivity contribution < 1.29 is 4.79 Å².